The van der Waals surface area contributed by atoms with Crippen LogP contribution in [0.1, 0.15) is 33.8 Å². The fourth-order valence-electron chi connectivity index (χ4n) is 2.29. The Kier molecular flexibility index (Phi) is 4.33. The van der Waals surface area contributed by atoms with E-state index in [-0.39, 0.29) is 5.11 Å². The number of thiocarbonyl (C=S) groups is 1. The zero-order chi connectivity index (χ0) is 16.4. The van der Waals surface area contributed by atoms with Crippen LogP contribution in [0.25, 0.3) is 5.88 Å². The lowest BCUT2D eigenvalue weighted by atomic mass is 10.2. The van der Waals surface area contributed by atoms with Gasteiger partial charge in [0.25, 0.3) is 0 Å². The first kappa shape index (κ1) is 15.8. The molecule has 2 aromatic rings. The van der Waals surface area contributed by atoms with Gasteiger partial charge in [0, 0.05) is 22.5 Å². The molecule has 0 amide bonds. The zero-order valence-electron chi connectivity index (χ0n) is 12.9. The second-order valence-corrected chi connectivity index (χ2v) is 5.41. The molecule has 0 unspecified atom stereocenters. The van der Waals surface area contributed by atoms with Crippen LogP contribution >= 0.6 is 12.2 Å². The number of hydrogen-bond acceptors (Lipinski definition) is 4. The van der Waals surface area contributed by atoms with Gasteiger partial charge in [-0.3, -0.25) is 9.99 Å². The summed E-state index contributed by atoms with van der Waals surface area (Å²) in [6, 6.07) is 4.16. The smallest absolute Gasteiger partial charge is 0.222 e. The molecular weight excluding hydrogens is 298 g/mol. The highest BCUT2D eigenvalue weighted by Gasteiger charge is 2.20. The third-order valence-electron chi connectivity index (χ3n) is 3.53. The van der Waals surface area contributed by atoms with Crippen molar-refractivity contribution in [2.75, 3.05) is 0 Å². The Morgan fingerprint density at radius 1 is 1.45 bits per heavy atom. The number of nitriles is 1. The number of aryl methyl sites for hydroxylation is 2. The minimum Gasteiger partial charge on any atom is -0.443 e. The van der Waals surface area contributed by atoms with E-state index in [9.17, 15) is 5.26 Å². The third kappa shape index (κ3) is 2.73. The lowest BCUT2D eigenvalue weighted by molar-refractivity contribution is 0.503. The minimum atomic E-state index is 0.106. The molecule has 0 saturated heterocycles. The van der Waals surface area contributed by atoms with Gasteiger partial charge in [0.05, 0.1) is 6.21 Å². The van der Waals surface area contributed by atoms with E-state index in [1.165, 1.54) is 0 Å². The van der Waals surface area contributed by atoms with E-state index in [1.807, 2.05) is 38.3 Å². The van der Waals surface area contributed by atoms with Crippen LogP contribution in [0.4, 0.5) is 0 Å². The number of nitrogens with zero attached hydrogens (tertiary/aromatic N) is 3. The van der Waals surface area contributed by atoms with Crippen LogP contribution in [-0.4, -0.2) is 15.9 Å². The molecule has 0 atom stereocenters. The Labute approximate surface area is 134 Å². The molecule has 3 N–H and O–H groups in total. The molecule has 2 heterocycles. The van der Waals surface area contributed by atoms with Crippen molar-refractivity contribution in [1.29, 1.82) is 5.26 Å². The van der Waals surface area contributed by atoms with Gasteiger partial charge in [0.15, 0.2) is 5.11 Å². The fraction of sp³-hybridized carbons (Fsp3) is 0.267. The lowest BCUT2D eigenvalue weighted by Crippen LogP contribution is -2.24. The fourth-order valence-corrected chi connectivity index (χ4v) is 2.35. The van der Waals surface area contributed by atoms with Crippen LogP contribution in [0, 0.1) is 39.0 Å². The van der Waals surface area contributed by atoms with Crippen LogP contribution in [0.15, 0.2) is 15.6 Å². The number of furan rings is 1. The Balaban J connectivity index is 2.52. The summed E-state index contributed by atoms with van der Waals surface area (Å²) in [6.45, 7) is 7.61. The van der Waals surface area contributed by atoms with Gasteiger partial charge < -0.3 is 10.2 Å². The van der Waals surface area contributed by atoms with E-state index < -0.39 is 0 Å². The number of aromatic nitrogens is 1. The first-order valence-electron chi connectivity index (χ1n) is 6.64. The molecule has 0 bridgehead atoms. The second kappa shape index (κ2) is 6.03. The number of hydrazone groups is 1. The van der Waals surface area contributed by atoms with Crippen molar-refractivity contribution in [1.82, 2.24) is 9.99 Å². The molecule has 0 spiro atoms. The highest BCUT2D eigenvalue weighted by Crippen LogP contribution is 2.28. The average molecular weight is 315 g/mol. The van der Waals surface area contributed by atoms with E-state index >= 15 is 0 Å². The van der Waals surface area contributed by atoms with Crippen molar-refractivity contribution in [2.24, 2.45) is 10.8 Å². The maximum atomic E-state index is 9.38. The summed E-state index contributed by atoms with van der Waals surface area (Å²) in [5, 5.41) is 13.4. The average Bonchev–Trinajstić information content (AvgIpc) is 2.87. The number of nitrogens with two attached hydrogens (primary N) is 1. The molecule has 6 nitrogen and oxygen atoms in total. The van der Waals surface area contributed by atoms with E-state index in [0.717, 1.165) is 28.3 Å². The quantitative estimate of drug-likeness (QED) is 0.515. The minimum absolute atomic E-state index is 0.106. The number of nitrogens with one attached hydrogen (secondary N) is 1. The molecule has 0 radical (unpaired) electrons. The lowest BCUT2D eigenvalue weighted by Gasteiger charge is -2.06. The zero-order valence-corrected chi connectivity index (χ0v) is 13.7. The van der Waals surface area contributed by atoms with Gasteiger partial charge in [-0.1, -0.05) is 0 Å². The van der Waals surface area contributed by atoms with Gasteiger partial charge in [-0.25, -0.2) is 0 Å². The summed E-state index contributed by atoms with van der Waals surface area (Å²) >= 11 is 4.70. The molecule has 2 rings (SSSR count). The van der Waals surface area contributed by atoms with Crippen molar-refractivity contribution in [3.05, 3.63) is 39.9 Å². The van der Waals surface area contributed by atoms with Gasteiger partial charge in [-0.2, -0.15) is 10.4 Å². The van der Waals surface area contributed by atoms with E-state index in [2.05, 4.69) is 16.6 Å². The molecule has 2 aromatic heterocycles. The van der Waals surface area contributed by atoms with Crippen LogP contribution in [0.5, 0.6) is 0 Å². The topological polar surface area (TPSA) is 92.3 Å². The number of hydrogen-bond donors (Lipinski definition) is 2. The molecule has 0 aliphatic rings. The maximum Gasteiger partial charge on any atom is 0.222 e. The van der Waals surface area contributed by atoms with Gasteiger partial charge in [-0.05, 0) is 46.0 Å². The largest absolute Gasteiger partial charge is 0.443 e. The first-order chi connectivity index (χ1) is 10.4. The van der Waals surface area contributed by atoms with Crippen molar-refractivity contribution >= 4 is 23.5 Å². The monoisotopic (exact) mass is 315 g/mol. The molecule has 0 saturated carbocycles. The summed E-state index contributed by atoms with van der Waals surface area (Å²) < 4.78 is 7.68. The molecule has 0 fully saturated rings. The summed E-state index contributed by atoms with van der Waals surface area (Å²) in [6.07, 6.45) is 1.63. The van der Waals surface area contributed by atoms with E-state index in [4.69, 9.17) is 22.4 Å². The molecule has 0 aromatic carbocycles. The van der Waals surface area contributed by atoms with Gasteiger partial charge in [0.2, 0.25) is 5.88 Å². The summed E-state index contributed by atoms with van der Waals surface area (Å²) in [5.74, 6) is 1.28. The Morgan fingerprint density at radius 2 is 2.14 bits per heavy atom. The first-order valence-corrected chi connectivity index (χ1v) is 7.05. The second-order valence-electron chi connectivity index (χ2n) is 4.97. The van der Waals surface area contributed by atoms with Crippen molar-refractivity contribution < 1.29 is 4.42 Å². The Morgan fingerprint density at radius 3 is 2.73 bits per heavy atom. The van der Waals surface area contributed by atoms with E-state index in [0.29, 0.717) is 11.4 Å². The highest BCUT2D eigenvalue weighted by molar-refractivity contribution is 7.80. The summed E-state index contributed by atoms with van der Waals surface area (Å²) in [4.78, 5) is 0. The van der Waals surface area contributed by atoms with Crippen LogP contribution in [0.2, 0.25) is 0 Å². The molecule has 0 aliphatic heterocycles. The molecular formula is C15H17N5OS. The maximum absolute atomic E-state index is 9.38. The Hall–Kier alpha value is -2.59. The standard InChI is InChI=1S/C15H17N5OS/c1-8-5-12(7-18-19-15(17)22)10(3)20(8)14-13(6-16)9(2)11(4)21-14/h5,7H,1-4H3,(H3,17,19,22). The van der Waals surface area contributed by atoms with Crippen molar-refractivity contribution in [3.8, 4) is 12.0 Å². The summed E-state index contributed by atoms with van der Waals surface area (Å²) in [5.41, 5.74) is 12.0. The van der Waals surface area contributed by atoms with Crippen molar-refractivity contribution in [2.45, 2.75) is 27.7 Å². The predicted molar refractivity (Wildman–Crippen MR) is 89.2 cm³/mol. The van der Waals surface area contributed by atoms with Gasteiger partial charge in [0.1, 0.15) is 17.4 Å². The van der Waals surface area contributed by atoms with Crippen LogP contribution in [0.3, 0.4) is 0 Å². The van der Waals surface area contributed by atoms with Crippen molar-refractivity contribution in [3.63, 3.8) is 0 Å². The molecule has 114 valence electrons. The van der Waals surface area contributed by atoms with Crippen LogP contribution in [-0.2, 0) is 0 Å². The number of rotatable bonds is 3. The van der Waals surface area contributed by atoms with Gasteiger partial charge in [-0.15, -0.1) is 0 Å². The molecule has 22 heavy (non-hydrogen) atoms. The Bertz CT molecular complexity index is 807. The molecule has 0 aliphatic carbocycles. The van der Waals surface area contributed by atoms with Gasteiger partial charge >= 0.3 is 0 Å². The molecule has 7 heteroatoms. The van der Waals surface area contributed by atoms with Crippen LogP contribution < -0.4 is 11.2 Å². The SMILES string of the molecule is Cc1oc(-n2c(C)cc(C=NNC(N)=S)c2C)c(C#N)c1C. The highest BCUT2D eigenvalue weighted by atomic mass is 32.1. The van der Waals surface area contributed by atoms with E-state index in [1.54, 1.807) is 6.21 Å². The normalized spacial score (nSPS) is 10.9. The summed E-state index contributed by atoms with van der Waals surface area (Å²) in [7, 11) is 0. The third-order valence-corrected chi connectivity index (χ3v) is 3.62. The predicted octanol–water partition coefficient (Wildman–Crippen LogP) is 2.34.